The van der Waals surface area contributed by atoms with E-state index in [9.17, 15) is 9.90 Å². The number of aryl methyl sites for hydroxylation is 1. The van der Waals surface area contributed by atoms with Gasteiger partial charge in [0.1, 0.15) is 0 Å². The lowest BCUT2D eigenvalue weighted by Crippen LogP contribution is -2.39. The molecule has 1 aromatic heterocycles. The van der Waals surface area contributed by atoms with Gasteiger partial charge in [0.25, 0.3) is 0 Å². The molecule has 0 radical (unpaired) electrons. The molecule has 0 saturated carbocycles. The molecule has 1 aromatic carbocycles. The maximum Gasteiger partial charge on any atom is 0.307 e. The van der Waals surface area contributed by atoms with Gasteiger partial charge in [-0.2, -0.15) is 5.10 Å². The van der Waals surface area contributed by atoms with Crippen molar-refractivity contribution in [2.24, 2.45) is 13.0 Å². The number of aromatic nitrogens is 2. The van der Waals surface area contributed by atoms with Crippen molar-refractivity contribution in [3.63, 3.8) is 0 Å². The highest BCUT2D eigenvalue weighted by Gasteiger charge is 2.29. The van der Waals surface area contributed by atoms with Crippen LogP contribution in [0.5, 0.6) is 0 Å². The molecular formula is C20H28N4O2. The second kappa shape index (κ2) is 8.01. The summed E-state index contributed by atoms with van der Waals surface area (Å²) in [5.41, 5.74) is 3.21. The molecule has 1 N–H and O–H groups in total. The molecule has 1 aliphatic rings. The van der Waals surface area contributed by atoms with Gasteiger partial charge in [-0.25, -0.2) is 0 Å². The van der Waals surface area contributed by atoms with Crippen molar-refractivity contribution >= 4 is 5.97 Å². The van der Waals surface area contributed by atoms with Gasteiger partial charge in [0.05, 0.1) is 11.6 Å². The number of hydrogen-bond donors (Lipinski definition) is 1. The van der Waals surface area contributed by atoms with E-state index in [1.54, 1.807) is 0 Å². The number of likely N-dealkylation sites (N-methyl/N-ethyl adjacent to an activating group) is 1. The van der Waals surface area contributed by atoms with Crippen LogP contribution < -0.4 is 0 Å². The third kappa shape index (κ3) is 4.31. The van der Waals surface area contributed by atoms with E-state index >= 15 is 0 Å². The van der Waals surface area contributed by atoms with Gasteiger partial charge in [0.15, 0.2) is 0 Å². The Kier molecular flexibility index (Phi) is 5.74. The van der Waals surface area contributed by atoms with Crippen molar-refractivity contribution in [2.75, 3.05) is 27.2 Å². The van der Waals surface area contributed by atoms with Gasteiger partial charge in [0, 0.05) is 50.0 Å². The fourth-order valence-corrected chi connectivity index (χ4v) is 3.75. The van der Waals surface area contributed by atoms with Crippen LogP contribution in [0.25, 0.3) is 11.3 Å². The number of hydrogen-bond acceptors (Lipinski definition) is 4. The van der Waals surface area contributed by atoms with Gasteiger partial charge in [0.2, 0.25) is 0 Å². The first-order chi connectivity index (χ1) is 12.4. The van der Waals surface area contributed by atoms with E-state index in [1.807, 2.05) is 36.1 Å². The number of likely N-dealkylation sites (tertiary alicyclic amines) is 1. The summed E-state index contributed by atoms with van der Waals surface area (Å²) in [7, 11) is 6.08. The molecule has 2 heterocycles. The van der Waals surface area contributed by atoms with Gasteiger partial charge in [-0.15, -0.1) is 0 Å². The Morgan fingerprint density at radius 1 is 1.23 bits per heavy atom. The fourth-order valence-electron chi connectivity index (χ4n) is 3.75. The Labute approximate surface area is 155 Å². The van der Waals surface area contributed by atoms with E-state index in [-0.39, 0.29) is 5.92 Å². The van der Waals surface area contributed by atoms with Crippen molar-refractivity contribution in [3.05, 3.63) is 42.1 Å². The second-order valence-corrected chi connectivity index (χ2v) is 7.47. The number of aliphatic carboxylic acids is 1. The predicted molar refractivity (Wildman–Crippen MR) is 102 cm³/mol. The summed E-state index contributed by atoms with van der Waals surface area (Å²) in [5, 5.41) is 14.2. The van der Waals surface area contributed by atoms with E-state index in [0.29, 0.717) is 19.1 Å². The first-order valence-corrected chi connectivity index (χ1v) is 9.13. The lowest BCUT2D eigenvalue weighted by atomic mass is 10.0. The van der Waals surface area contributed by atoms with E-state index in [0.717, 1.165) is 36.2 Å². The normalized spacial score (nSPS) is 21.7. The SMILES string of the molecule is CN(C)[C@@H]1CC[C@H](C(=O)O)CN(Cc2cn(C)nc2-c2ccccc2)C1. The van der Waals surface area contributed by atoms with Crippen LogP contribution in [0.15, 0.2) is 36.5 Å². The van der Waals surface area contributed by atoms with Crippen molar-refractivity contribution < 1.29 is 9.90 Å². The molecule has 1 saturated heterocycles. The van der Waals surface area contributed by atoms with E-state index in [2.05, 4.69) is 41.1 Å². The molecule has 6 nitrogen and oxygen atoms in total. The second-order valence-electron chi connectivity index (χ2n) is 7.47. The van der Waals surface area contributed by atoms with Crippen LogP contribution >= 0.6 is 0 Å². The quantitative estimate of drug-likeness (QED) is 0.891. The maximum atomic E-state index is 11.6. The minimum Gasteiger partial charge on any atom is -0.481 e. The number of nitrogens with zero attached hydrogens (tertiary/aromatic N) is 4. The molecule has 0 unspecified atom stereocenters. The minimum atomic E-state index is -0.691. The van der Waals surface area contributed by atoms with Gasteiger partial charge < -0.3 is 10.0 Å². The number of carboxylic acids is 1. The molecule has 0 aliphatic carbocycles. The van der Waals surface area contributed by atoms with Crippen LogP contribution in [-0.4, -0.2) is 63.9 Å². The van der Waals surface area contributed by atoms with Crippen molar-refractivity contribution in [1.82, 2.24) is 19.6 Å². The molecule has 26 heavy (non-hydrogen) atoms. The smallest absolute Gasteiger partial charge is 0.307 e. The molecule has 1 aliphatic heterocycles. The Morgan fingerprint density at radius 3 is 2.62 bits per heavy atom. The molecule has 2 aromatic rings. The van der Waals surface area contributed by atoms with Crippen LogP contribution in [0, 0.1) is 5.92 Å². The van der Waals surface area contributed by atoms with Crippen LogP contribution in [0.2, 0.25) is 0 Å². The van der Waals surface area contributed by atoms with Crippen LogP contribution in [0.3, 0.4) is 0 Å². The molecule has 1 fully saturated rings. The predicted octanol–water partition coefficient (Wildman–Crippen LogP) is 2.31. The lowest BCUT2D eigenvalue weighted by molar-refractivity contribution is -0.142. The first-order valence-electron chi connectivity index (χ1n) is 9.13. The highest BCUT2D eigenvalue weighted by molar-refractivity contribution is 5.70. The van der Waals surface area contributed by atoms with Crippen LogP contribution in [0.4, 0.5) is 0 Å². The van der Waals surface area contributed by atoms with Gasteiger partial charge >= 0.3 is 5.97 Å². The highest BCUT2D eigenvalue weighted by atomic mass is 16.4. The van der Waals surface area contributed by atoms with Gasteiger partial charge in [-0.05, 0) is 26.9 Å². The molecule has 0 bridgehead atoms. The minimum absolute atomic E-state index is 0.309. The average Bonchev–Trinajstić information content (AvgIpc) is 2.83. The molecule has 0 spiro atoms. The summed E-state index contributed by atoms with van der Waals surface area (Å²) in [6, 6.07) is 10.5. The lowest BCUT2D eigenvalue weighted by Gasteiger charge is -2.28. The highest BCUT2D eigenvalue weighted by Crippen LogP contribution is 2.26. The van der Waals surface area contributed by atoms with Crippen molar-refractivity contribution in [3.8, 4) is 11.3 Å². The van der Waals surface area contributed by atoms with Crippen molar-refractivity contribution in [2.45, 2.75) is 25.4 Å². The first kappa shape index (κ1) is 18.6. The van der Waals surface area contributed by atoms with Gasteiger partial charge in [-0.1, -0.05) is 30.3 Å². The van der Waals surface area contributed by atoms with Crippen LogP contribution in [0.1, 0.15) is 18.4 Å². The average molecular weight is 356 g/mol. The number of rotatable bonds is 5. The Morgan fingerprint density at radius 2 is 1.96 bits per heavy atom. The summed E-state index contributed by atoms with van der Waals surface area (Å²) in [6.07, 6.45) is 3.69. The zero-order chi connectivity index (χ0) is 18.7. The summed E-state index contributed by atoms with van der Waals surface area (Å²) >= 11 is 0. The third-order valence-electron chi connectivity index (χ3n) is 5.22. The summed E-state index contributed by atoms with van der Waals surface area (Å²) in [4.78, 5) is 16.1. The molecule has 2 atom stereocenters. The molecule has 140 valence electrons. The Bertz CT molecular complexity index is 742. The standard InChI is InChI=1S/C20H28N4O2/c1-22(2)18-10-9-16(20(25)26)12-24(14-18)13-17-11-23(3)21-19(17)15-7-5-4-6-8-15/h4-8,11,16,18H,9-10,12-14H2,1-3H3,(H,25,26)/t16-,18+/m0/s1. The summed E-state index contributed by atoms with van der Waals surface area (Å²) in [6.45, 7) is 2.18. The molecule has 6 heteroatoms. The third-order valence-corrected chi connectivity index (χ3v) is 5.22. The molecule has 0 amide bonds. The fraction of sp³-hybridized carbons (Fsp3) is 0.500. The zero-order valence-electron chi connectivity index (χ0n) is 15.8. The molecular weight excluding hydrogens is 328 g/mol. The summed E-state index contributed by atoms with van der Waals surface area (Å²) < 4.78 is 1.84. The zero-order valence-corrected chi connectivity index (χ0v) is 15.8. The number of carboxylic acid groups (broad SMARTS) is 1. The Balaban J connectivity index is 1.85. The maximum absolute atomic E-state index is 11.6. The topological polar surface area (TPSA) is 61.6 Å². The van der Waals surface area contributed by atoms with Crippen molar-refractivity contribution in [1.29, 1.82) is 0 Å². The Hall–Kier alpha value is -2.18. The monoisotopic (exact) mass is 356 g/mol. The van der Waals surface area contributed by atoms with E-state index in [4.69, 9.17) is 0 Å². The largest absolute Gasteiger partial charge is 0.481 e. The van der Waals surface area contributed by atoms with E-state index in [1.165, 1.54) is 0 Å². The van der Waals surface area contributed by atoms with Crippen LogP contribution in [-0.2, 0) is 18.4 Å². The number of carbonyl (C=O) groups is 1. The van der Waals surface area contributed by atoms with E-state index < -0.39 is 5.97 Å². The molecule has 3 rings (SSSR count). The number of benzene rings is 1. The van der Waals surface area contributed by atoms with Gasteiger partial charge in [-0.3, -0.25) is 14.4 Å². The summed E-state index contributed by atoms with van der Waals surface area (Å²) in [5.74, 6) is -0.999.